The Morgan fingerprint density at radius 2 is 1.79 bits per heavy atom. The van der Waals surface area contributed by atoms with Crippen molar-refractivity contribution in [2.75, 3.05) is 6.61 Å². The molecular weight excluding hydrogens is 348 g/mol. The Kier molecular flexibility index (Phi) is 7.22. The van der Waals surface area contributed by atoms with Crippen molar-refractivity contribution in [3.63, 3.8) is 0 Å². The van der Waals surface area contributed by atoms with Gasteiger partial charge in [0.05, 0.1) is 0 Å². The molecule has 0 amide bonds. The van der Waals surface area contributed by atoms with Crippen molar-refractivity contribution >= 4 is 5.97 Å². The van der Waals surface area contributed by atoms with Crippen LogP contribution in [0.4, 0.5) is 0 Å². The maximum absolute atomic E-state index is 12.2. The van der Waals surface area contributed by atoms with Crippen LogP contribution in [0.1, 0.15) is 98.5 Å². The van der Waals surface area contributed by atoms with Gasteiger partial charge in [-0.15, -0.1) is 0 Å². The lowest BCUT2D eigenvalue weighted by Crippen LogP contribution is -2.30. The van der Waals surface area contributed by atoms with Crippen LogP contribution in [-0.2, 0) is 9.53 Å². The maximum atomic E-state index is 12.2. The van der Waals surface area contributed by atoms with Crippen molar-refractivity contribution in [2.24, 2.45) is 10.8 Å². The monoisotopic (exact) mass is 388 g/mol. The summed E-state index contributed by atoms with van der Waals surface area (Å²) in [5, 5.41) is 0. The molecule has 1 aliphatic carbocycles. The first-order valence-electron chi connectivity index (χ1n) is 10.9. The minimum absolute atomic E-state index is 0.0281. The molecule has 3 nitrogen and oxygen atoms in total. The van der Waals surface area contributed by atoms with Gasteiger partial charge in [-0.05, 0) is 73.5 Å². The first-order valence-corrected chi connectivity index (χ1v) is 10.9. The molecule has 1 aromatic rings. The van der Waals surface area contributed by atoms with E-state index in [1.165, 1.54) is 5.56 Å². The predicted molar refractivity (Wildman–Crippen MR) is 116 cm³/mol. The summed E-state index contributed by atoms with van der Waals surface area (Å²) in [7, 11) is 0. The maximum Gasteiger partial charge on any atom is 0.344 e. The van der Waals surface area contributed by atoms with Gasteiger partial charge in [0.2, 0.25) is 0 Å². The van der Waals surface area contributed by atoms with Crippen LogP contribution in [0.15, 0.2) is 24.3 Å². The second-order valence-corrected chi connectivity index (χ2v) is 10.6. The predicted octanol–water partition coefficient (Wildman–Crippen LogP) is 6.90. The van der Waals surface area contributed by atoms with E-state index in [1.807, 2.05) is 19.1 Å². The molecule has 0 heterocycles. The van der Waals surface area contributed by atoms with Crippen LogP contribution in [0.3, 0.4) is 0 Å². The van der Waals surface area contributed by atoms with Gasteiger partial charge in [-0.25, -0.2) is 4.79 Å². The Balaban J connectivity index is 2.05. The van der Waals surface area contributed by atoms with Gasteiger partial charge in [0, 0.05) is 0 Å². The topological polar surface area (TPSA) is 35.5 Å². The highest BCUT2D eigenvalue weighted by atomic mass is 16.6. The molecule has 0 N–H and O–H groups in total. The fourth-order valence-electron chi connectivity index (χ4n) is 4.11. The summed E-state index contributed by atoms with van der Waals surface area (Å²) in [5.41, 5.74) is 1.42. The molecule has 3 heteroatoms. The third-order valence-corrected chi connectivity index (χ3v) is 6.40. The van der Waals surface area contributed by atoms with Crippen molar-refractivity contribution < 1.29 is 14.3 Å². The van der Waals surface area contributed by atoms with E-state index >= 15 is 0 Å². The van der Waals surface area contributed by atoms with Crippen LogP contribution in [-0.4, -0.2) is 18.2 Å². The Bertz CT molecular complexity index is 648. The Hall–Kier alpha value is -1.51. The van der Waals surface area contributed by atoms with Crippen LogP contribution in [0.5, 0.6) is 5.75 Å². The standard InChI is InChI=1S/C25H40O3/c1-8-24(5,6)17-21(23(2,3)4)19-12-11-13-20(16-19)27-18-22(26)28-25(7)14-9-10-15-25/h11-13,16,21H,8-10,14-15,17-18H2,1-7H3. The van der Waals surface area contributed by atoms with Gasteiger partial charge in [0.25, 0.3) is 0 Å². The molecule has 1 aromatic carbocycles. The van der Waals surface area contributed by atoms with E-state index in [9.17, 15) is 4.79 Å². The van der Waals surface area contributed by atoms with Crippen molar-refractivity contribution in [1.29, 1.82) is 0 Å². The number of benzene rings is 1. The van der Waals surface area contributed by atoms with E-state index < -0.39 is 0 Å². The lowest BCUT2D eigenvalue weighted by molar-refractivity contribution is -0.159. The summed E-state index contributed by atoms with van der Waals surface area (Å²) in [6.45, 7) is 15.8. The second kappa shape index (κ2) is 8.88. The fourth-order valence-corrected chi connectivity index (χ4v) is 4.11. The molecular formula is C25H40O3. The average Bonchev–Trinajstić information content (AvgIpc) is 3.03. The lowest BCUT2D eigenvalue weighted by Gasteiger charge is -2.37. The molecule has 0 bridgehead atoms. The van der Waals surface area contributed by atoms with Crippen LogP contribution in [0, 0.1) is 10.8 Å². The molecule has 0 radical (unpaired) electrons. The molecule has 1 saturated carbocycles. The summed E-state index contributed by atoms with van der Waals surface area (Å²) in [6, 6.07) is 8.25. The summed E-state index contributed by atoms with van der Waals surface area (Å²) >= 11 is 0. The van der Waals surface area contributed by atoms with E-state index in [2.05, 4.69) is 53.7 Å². The first kappa shape index (κ1) is 22.8. The Morgan fingerprint density at radius 3 is 2.36 bits per heavy atom. The highest BCUT2D eigenvalue weighted by molar-refractivity contribution is 5.71. The zero-order valence-electron chi connectivity index (χ0n) is 19.1. The highest BCUT2D eigenvalue weighted by Gasteiger charge is 2.33. The molecule has 0 saturated heterocycles. The second-order valence-electron chi connectivity index (χ2n) is 10.6. The summed E-state index contributed by atoms with van der Waals surface area (Å²) in [6.07, 6.45) is 6.45. The molecule has 1 atom stereocenters. The van der Waals surface area contributed by atoms with Crippen LogP contribution in [0.25, 0.3) is 0 Å². The first-order chi connectivity index (χ1) is 12.9. The normalized spacial score (nSPS) is 18.0. The smallest absolute Gasteiger partial charge is 0.344 e. The highest BCUT2D eigenvalue weighted by Crippen LogP contribution is 2.44. The summed E-state index contributed by atoms with van der Waals surface area (Å²) in [4.78, 5) is 12.2. The SMILES string of the molecule is CCC(C)(C)CC(c1cccc(OCC(=O)OC2(C)CCCC2)c1)C(C)(C)C. The fraction of sp³-hybridized carbons (Fsp3) is 0.720. The van der Waals surface area contributed by atoms with Gasteiger partial charge in [-0.2, -0.15) is 0 Å². The van der Waals surface area contributed by atoms with Crippen molar-refractivity contribution in [3.05, 3.63) is 29.8 Å². The molecule has 0 aliphatic heterocycles. The van der Waals surface area contributed by atoms with Gasteiger partial charge >= 0.3 is 5.97 Å². The summed E-state index contributed by atoms with van der Waals surface area (Å²) in [5.74, 6) is 0.902. The molecule has 0 spiro atoms. The van der Waals surface area contributed by atoms with Crippen LogP contribution < -0.4 is 4.74 Å². The zero-order valence-corrected chi connectivity index (χ0v) is 19.1. The average molecular weight is 389 g/mol. The molecule has 1 fully saturated rings. The van der Waals surface area contributed by atoms with Crippen molar-refractivity contribution in [3.8, 4) is 5.75 Å². The third-order valence-electron chi connectivity index (χ3n) is 6.40. The number of hydrogen-bond donors (Lipinski definition) is 0. The molecule has 158 valence electrons. The van der Waals surface area contributed by atoms with E-state index in [0.29, 0.717) is 5.92 Å². The lowest BCUT2D eigenvalue weighted by atomic mass is 9.68. The zero-order chi connectivity index (χ0) is 21.0. The van der Waals surface area contributed by atoms with Gasteiger partial charge in [-0.1, -0.05) is 60.1 Å². The molecule has 0 aromatic heterocycles. The van der Waals surface area contributed by atoms with Crippen LogP contribution >= 0.6 is 0 Å². The van der Waals surface area contributed by atoms with E-state index in [1.54, 1.807) is 0 Å². The van der Waals surface area contributed by atoms with Crippen LogP contribution in [0.2, 0.25) is 0 Å². The summed E-state index contributed by atoms with van der Waals surface area (Å²) < 4.78 is 11.5. The van der Waals surface area contributed by atoms with Crippen molar-refractivity contribution in [1.82, 2.24) is 0 Å². The number of carbonyl (C=O) groups is 1. The van der Waals surface area contributed by atoms with E-state index in [-0.39, 0.29) is 29.0 Å². The largest absolute Gasteiger partial charge is 0.482 e. The Morgan fingerprint density at radius 1 is 1.14 bits per heavy atom. The molecule has 28 heavy (non-hydrogen) atoms. The minimum atomic E-state index is -0.300. The van der Waals surface area contributed by atoms with Crippen molar-refractivity contribution in [2.45, 2.75) is 98.5 Å². The molecule has 1 unspecified atom stereocenters. The molecule has 2 rings (SSSR count). The van der Waals surface area contributed by atoms with Gasteiger partial charge in [0.1, 0.15) is 11.4 Å². The number of hydrogen-bond acceptors (Lipinski definition) is 3. The minimum Gasteiger partial charge on any atom is -0.482 e. The number of carbonyl (C=O) groups excluding carboxylic acids is 1. The number of esters is 1. The van der Waals surface area contributed by atoms with Gasteiger partial charge in [0.15, 0.2) is 6.61 Å². The Labute approximate surface area is 172 Å². The third kappa shape index (κ3) is 6.53. The van der Waals surface area contributed by atoms with Gasteiger partial charge < -0.3 is 9.47 Å². The quantitative estimate of drug-likeness (QED) is 0.454. The number of ether oxygens (including phenoxy) is 2. The van der Waals surface area contributed by atoms with Gasteiger partial charge in [-0.3, -0.25) is 0 Å². The van der Waals surface area contributed by atoms with E-state index in [0.717, 1.165) is 44.3 Å². The number of rotatable bonds is 8. The van der Waals surface area contributed by atoms with E-state index in [4.69, 9.17) is 9.47 Å². The molecule has 1 aliphatic rings.